The Morgan fingerprint density at radius 1 is 0.957 bits per heavy atom. The Bertz CT molecular complexity index is 768. The van der Waals surface area contributed by atoms with E-state index in [9.17, 15) is 9.18 Å². The lowest BCUT2D eigenvalue weighted by atomic mass is 10.2. The highest BCUT2D eigenvalue weighted by Gasteiger charge is 2.17. The summed E-state index contributed by atoms with van der Waals surface area (Å²) in [6.45, 7) is 0. The van der Waals surface area contributed by atoms with Crippen molar-refractivity contribution in [3.8, 4) is 11.5 Å². The molecular formula is C15H11Cl3FNO3. The van der Waals surface area contributed by atoms with Crippen LogP contribution in [0, 0.1) is 5.82 Å². The van der Waals surface area contributed by atoms with Gasteiger partial charge in [-0.15, -0.1) is 0 Å². The molecule has 8 heteroatoms. The molecular weight excluding hydrogens is 368 g/mol. The number of hydrogen-bond donors (Lipinski definition) is 1. The number of halogens is 4. The monoisotopic (exact) mass is 377 g/mol. The average Bonchev–Trinajstić information content (AvgIpc) is 2.51. The second-order valence-corrected chi connectivity index (χ2v) is 5.61. The maximum atomic E-state index is 13.5. The highest BCUT2D eigenvalue weighted by atomic mass is 35.5. The zero-order valence-electron chi connectivity index (χ0n) is 12.0. The predicted molar refractivity (Wildman–Crippen MR) is 88.9 cm³/mol. The van der Waals surface area contributed by atoms with Crippen molar-refractivity contribution < 1.29 is 18.7 Å². The van der Waals surface area contributed by atoms with Gasteiger partial charge in [0.2, 0.25) is 0 Å². The lowest BCUT2D eigenvalue weighted by Crippen LogP contribution is -2.14. The highest BCUT2D eigenvalue weighted by Crippen LogP contribution is 2.36. The third kappa shape index (κ3) is 3.80. The number of ether oxygens (including phenoxy) is 2. The molecule has 0 unspecified atom stereocenters. The van der Waals surface area contributed by atoms with Crippen molar-refractivity contribution >= 4 is 46.4 Å². The van der Waals surface area contributed by atoms with E-state index < -0.39 is 11.7 Å². The molecule has 0 aliphatic heterocycles. The molecule has 2 aromatic carbocycles. The van der Waals surface area contributed by atoms with Crippen LogP contribution < -0.4 is 14.8 Å². The van der Waals surface area contributed by atoms with E-state index in [-0.39, 0.29) is 15.6 Å². The van der Waals surface area contributed by atoms with Crippen LogP contribution in [0.5, 0.6) is 11.5 Å². The second-order valence-electron chi connectivity index (χ2n) is 4.39. The van der Waals surface area contributed by atoms with Crippen LogP contribution in [-0.4, -0.2) is 20.1 Å². The summed E-state index contributed by atoms with van der Waals surface area (Å²) in [5.41, 5.74) is 0.231. The van der Waals surface area contributed by atoms with Crippen molar-refractivity contribution in [3.63, 3.8) is 0 Å². The lowest BCUT2D eigenvalue weighted by molar-refractivity contribution is 0.102. The van der Waals surface area contributed by atoms with E-state index in [0.717, 1.165) is 12.1 Å². The van der Waals surface area contributed by atoms with Crippen molar-refractivity contribution in [1.82, 2.24) is 0 Å². The van der Waals surface area contributed by atoms with E-state index >= 15 is 0 Å². The van der Waals surface area contributed by atoms with Crippen LogP contribution >= 0.6 is 34.8 Å². The van der Waals surface area contributed by atoms with E-state index in [1.807, 2.05) is 0 Å². The molecule has 0 saturated heterocycles. The minimum absolute atomic E-state index is 0.0220. The number of hydrogen-bond acceptors (Lipinski definition) is 3. The van der Waals surface area contributed by atoms with Crippen molar-refractivity contribution in [2.75, 3.05) is 19.5 Å². The molecule has 23 heavy (non-hydrogen) atoms. The Morgan fingerprint density at radius 2 is 1.61 bits per heavy atom. The average molecular weight is 379 g/mol. The minimum atomic E-state index is -0.748. The fourth-order valence-corrected chi connectivity index (χ4v) is 2.54. The molecule has 0 aliphatic carbocycles. The van der Waals surface area contributed by atoms with E-state index in [2.05, 4.69) is 5.32 Å². The summed E-state index contributed by atoms with van der Waals surface area (Å²) in [5, 5.41) is 2.74. The number of carbonyl (C=O) groups is 1. The minimum Gasteiger partial charge on any atom is -0.495 e. The number of rotatable bonds is 4. The molecule has 0 radical (unpaired) electrons. The Hall–Kier alpha value is -1.69. The molecule has 1 amide bonds. The largest absolute Gasteiger partial charge is 0.495 e. The van der Waals surface area contributed by atoms with Gasteiger partial charge in [-0.3, -0.25) is 4.79 Å². The van der Waals surface area contributed by atoms with Gasteiger partial charge in [-0.1, -0.05) is 34.8 Å². The zero-order chi connectivity index (χ0) is 17.1. The normalized spacial score (nSPS) is 10.3. The molecule has 0 spiro atoms. The fraction of sp³-hybridized carbons (Fsp3) is 0.133. The summed E-state index contributed by atoms with van der Waals surface area (Å²) in [4.78, 5) is 12.3. The molecule has 0 saturated carbocycles. The standard InChI is InChI=1S/C15H11Cl3FNO3/c1-22-13-6-12(14(23-2)5-10(13)18)20-15(21)7-3-11(19)9(17)4-8(7)16/h3-6H,1-2H3,(H,20,21). The smallest absolute Gasteiger partial charge is 0.257 e. The number of carbonyl (C=O) groups excluding carboxylic acids is 1. The molecule has 0 aliphatic rings. The highest BCUT2D eigenvalue weighted by molar-refractivity contribution is 6.37. The topological polar surface area (TPSA) is 47.6 Å². The summed E-state index contributed by atoms with van der Waals surface area (Å²) >= 11 is 17.5. The Morgan fingerprint density at radius 3 is 2.22 bits per heavy atom. The Balaban J connectivity index is 2.39. The van der Waals surface area contributed by atoms with E-state index in [1.165, 1.54) is 26.4 Å². The molecule has 0 bridgehead atoms. The number of benzene rings is 2. The molecule has 122 valence electrons. The van der Waals surface area contributed by atoms with Crippen molar-refractivity contribution in [1.29, 1.82) is 0 Å². The number of methoxy groups -OCH3 is 2. The van der Waals surface area contributed by atoms with Crippen molar-refractivity contribution in [2.45, 2.75) is 0 Å². The van der Waals surface area contributed by atoms with Crippen LogP contribution in [0.15, 0.2) is 24.3 Å². The van der Waals surface area contributed by atoms with Gasteiger partial charge < -0.3 is 14.8 Å². The van der Waals surface area contributed by atoms with Crippen LogP contribution in [0.1, 0.15) is 10.4 Å². The third-order valence-corrected chi connectivity index (χ3v) is 3.87. The number of nitrogens with one attached hydrogen (secondary N) is 1. The first kappa shape index (κ1) is 17.7. The SMILES string of the molecule is COc1cc(NC(=O)c2cc(F)c(Cl)cc2Cl)c(OC)cc1Cl. The summed E-state index contributed by atoms with van der Waals surface area (Å²) in [7, 11) is 2.85. The molecule has 0 aromatic heterocycles. The molecule has 0 fully saturated rings. The first-order valence-electron chi connectivity index (χ1n) is 6.24. The Labute approximate surface area is 147 Å². The summed E-state index contributed by atoms with van der Waals surface area (Å²) in [6.07, 6.45) is 0. The quantitative estimate of drug-likeness (QED) is 0.757. The summed E-state index contributed by atoms with van der Waals surface area (Å²) in [6, 6.07) is 5.09. The number of anilines is 1. The summed E-state index contributed by atoms with van der Waals surface area (Å²) in [5.74, 6) is -0.721. The van der Waals surface area contributed by atoms with Gasteiger partial charge in [0.1, 0.15) is 17.3 Å². The van der Waals surface area contributed by atoms with Crippen molar-refractivity contribution in [3.05, 3.63) is 50.7 Å². The molecule has 2 aromatic rings. The first-order valence-corrected chi connectivity index (χ1v) is 7.38. The first-order chi connectivity index (χ1) is 10.9. The molecule has 4 nitrogen and oxygen atoms in total. The van der Waals surface area contributed by atoms with Gasteiger partial charge in [-0.25, -0.2) is 4.39 Å². The molecule has 0 atom stereocenters. The lowest BCUT2D eigenvalue weighted by Gasteiger charge is -2.13. The van der Waals surface area contributed by atoms with E-state index in [0.29, 0.717) is 22.2 Å². The van der Waals surface area contributed by atoms with Gasteiger partial charge in [0.25, 0.3) is 5.91 Å². The van der Waals surface area contributed by atoms with Crippen LogP contribution in [0.3, 0.4) is 0 Å². The van der Waals surface area contributed by atoms with Crippen LogP contribution in [0.2, 0.25) is 15.1 Å². The molecule has 2 rings (SSSR count). The van der Waals surface area contributed by atoms with Gasteiger partial charge >= 0.3 is 0 Å². The van der Waals surface area contributed by atoms with Gasteiger partial charge in [-0.2, -0.15) is 0 Å². The second kappa shape index (κ2) is 7.25. The van der Waals surface area contributed by atoms with Crippen LogP contribution in [0.4, 0.5) is 10.1 Å². The van der Waals surface area contributed by atoms with Gasteiger partial charge in [0.15, 0.2) is 0 Å². The number of amides is 1. The fourth-order valence-electron chi connectivity index (χ4n) is 1.84. The van der Waals surface area contributed by atoms with Crippen LogP contribution in [0.25, 0.3) is 0 Å². The zero-order valence-corrected chi connectivity index (χ0v) is 14.3. The predicted octanol–water partition coefficient (Wildman–Crippen LogP) is 5.06. The van der Waals surface area contributed by atoms with Gasteiger partial charge in [0, 0.05) is 12.1 Å². The van der Waals surface area contributed by atoms with E-state index in [4.69, 9.17) is 44.3 Å². The maximum absolute atomic E-state index is 13.5. The molecule has 0 heterocycles. The van der Waals surface area contributed by atoms with Crippen molar-refractivity contribution in [2.24, 2.45) is 0 Å². The van der Waals surface area contributed by atoms with E-state index in [1.54, 1.807) is 0 Å². The van der Waals surface area contributed by atoms with Gasteiger partial charge in [0.05, 0.1) is 40.5 Å². The Kier molecular flexibility index (Phi) is 5.57. The molecule has 1 N–H and O–H groups in total. The van der Waals surface area contributed by atoms with Gasteiger partial charge in [-0.05, 0) is 12.1 Å². The maximum Gasteiger partial charge on any atom is 0.257 e. The summed E-state index contributed by atoms with van der Waals surface area (Å²) < 4.78 is 23.8. The third-order valence-electron chi connectivity index (χ3n) is 2.98. The van der Waals surface area contributed by atoms with Crippen LogP contribution in [-0.2, 0) is 0 Å².